The molecular weight excluding hydrogens is 993 g/mol. The standard InChI is InChI=1S/C38H33N2S.C19H23N2Si.Ir/c1-23(2)29-21-28(26-11-7-6-8-12-26)22-30(24(3)4)37(29)40-34-14-10-9-13-33(34)39-38(40)27-16-18-36-32(20-27)31-19-25(5)15-17-35(31)41-36;1-14(2)10-17-11-18(21-13-19(17)22(3,4)5)16-8-6-15(12-20)7-9-16;/h6-15,17-24H,1-5H3;6-8,11,13-14H,10H2,1-5H3;/q2*-1;. The molecule has 3 heterocycles. The van der Waals surface area contributed by atoms with Crippen LogP contribution in [0.15, 0.2) is 128 Å². The van der Waals surface area contributed by atoms with Crippen LogP contribution in [0.4, 0.5) is 0 Å². The van der Waals surface area contributed by atoms with E-state index in [0.29, 0.717) is 23.3 Å². The van der Waals surface area contributed by atoms with Gasteiger partial charge in [0.2, 0.25) is 0 Å². The van der Waals surface area contributed by atoms with Crippen LogP contribution < -0.4 is 5.19 Å². The summed E-state index contributed by atoms with van der Waals surface area (Å²) < 4.78 is 4.98. The van der Waals surface area contributed by atoms with Gasteiger partial charge in [-0.1, -0.05) is 138 Å². The van der Waals surface area contributed by atoms with Crippen molar-refractivity contribution >= 4 is 55.8 Å². The van der Waals surface area contributed by atoms with Crippen molar-refractivity contribution in [1.82, 2.24) is 14.5 Å². The summed E-state index contributed by atoms with van der Waals surface area (Å²) in [5, 5.41) is 12.9. The number of para-hydroxylation sites is 2. The SMILES string of the molecule is CC(C)Cc1cc(-c2[c-]cc(C#N)cc2)ncc1[Si](C)(C)C.Cc1ccc2sc3c[c-]c(-c4nc5ccccc5n4-c4c(C(C)C)cc(-c5ccccc5)cc4C(C)C)cc3c2c1.[Ir]. The van der Waals surface area contributed by atoms with Gasteiger partial charge in [-0.2, -0.15) is 11.3 Å². The van der Waals surface area contributed by atoms with Crippen LogP contribution in [0.3, 0.4) is 0 Å². The van der Waals surface area contributed by atoms with E-state index in [0.717, 1.165) is 40.1 Å². The molecule has 7 heteroatoms. The van der Waals surface area contributed by atoms with Gasteiger partial charge in [-0.25, -0.2) is 5.26 Å². The zero-order chi connectivity index (χ0) is 44.6. The molecular formula is C57H56IrN4SSi-2. The Morgan fingerprint density at radius 2 is 1.39 bits per heavy atom. The molecule has 4 nitrogen and oxygen atoms in total. The Bertz CT molecular complexity index is 3100. The predicted octanol–water partition coefficient (Wildman–Crippen LogP) is 15.2. The van der Waals surface area contributed by atoms with E-state index in [1.54, 1.807) is 6.07 Å². The Morgan fingerprint density at radius 1 is 0.719 bits per heavy atom. The third-order valence-electron chi connectivity index (χ3n) is 11.7. The number of fused-ring (bicyclic) bond motifs is 4. The summed E-state index contributed by atoms with van der Waals surface area (Å²) in [4.78, 5) is 9.92. The molecule has 0 N–H and O–H groups in total. The second-order valence-electron chi connectivity index (χ2n) is 18.8. The van der Waals surface area contributed by atoms with Gasteiger partial charge in [-0.05, 0) is 110 Å². The number of aromatic nitrogens is 3. The smallest absolute Gasteiger partial charge is 0.0798 e. The molecule has 0 atom stereocenters. The van der Waals surface area contributed by atoms with Gasteiger partial charge in [0.05, 0.1) is 24.9 Å². The summed E-state index contributed by atoms with van der Waals surface area (Å²) in [6.45, 7) is 23.0. The van der Waals surface area contributed by atoms with Gasteiger partial charge in [0.15, 0.2) is 0 Å². The number of hydrogen-bond acceptors (Lipinski definition) is 4. The minimum atomic E-state index is -1.40. The predicted molar refractivity (Wildman–Crippen MR) is 271 cm³/mol. The number of aryl methyl sites for hydroxylation is 1. The van der Waals surface area contributed by atoms with Gasteiger partial charge in [-0.3, -0.25) is 4.98 Å². The fourth-order valence-electron chi connectivity index (χ4n) is 8.59. The van der Waals surface area contributed by atoms with Gasteiger partial charge >= 0.3 is 0 Å². The first-order valence-electron chi connectivity index (χ1n) is 22.2. The Labute approximate surface area is 398 Å². The summed E-state index contributed by atoms with van der Waals surface area (Å²) in [7, 11) is -1.40. The molecule has 9 rings (SSSR count). The second kappa shape index (κ2) is 19.3. The maximum Gasteiger partial charge on any atom is 0.0798 e. The third-order valence-corrected chi connectivity index (χ3v) is 14.9. The van der Waals surface area contributed by atoms with E-state index in [-0.39, 0.29) is 20.1 Å². The fraction of sp³-hybridized carbons (Fsp3) is 0.246. The molecule has 0 aliphatic carbocycles. The minimum Gasteiger partial charge on any atom is -0.333 e. The summed E-state index contributed by atoms with van der Waals surface area (Å²) in [5.41, 5.74) is 14.8. The summed E-state index contributed by atoms with van der Waals surface area (Å²) in [5.74, 6) is 2.22. The number of benzene rings is 6. The van der Waals surface area contributed by atoms with E-state index in [1.807, 2.05) is 23.5 Å². The maximum atomic E-state index is 8.89. The molecule has 1 radical (unpaired) electrons. The van der Waals surface area contributed by atoms with Crippen molar-refractivity contribution in [3.63, 3.8) is 0 Å². The van der Waals surface area contributed by atoms with E-state index in [4.69, 9.17) is 10.2 Å². The number of hydrogen-bond donors (Lipinski definition) is 0. The Morgan fingerprint density at radius 3 is 2.03 bits per heavy atom. The molecule has 0 spiro atoms. The van der Waals surface area contributed by atoms with Crippen LogP contribution in [0, 0.1) is 36.3 Å². The van der Waals surface area contributed by atoms with Crippen LogP contribution in [-0.4, -0.2) is 22.6 Å². The summed E-state index contributed by atoms with van der Waals surface area (Å²) in [6.07, 6.45) is 3.14. The second-order valence-corrected chi connectivity index (χ2v) is 25.0. The molecule has 0 unspecified atom stereocenters. The number of nitriles is 1. The van der Waals surface area contributed by atoms with E-state index >= 15 is 0 Å². The number of thiophene rings is 1. The van der Waals surface area contributed by atoms with Crippen LogP contribution in [0.5, 0.6) is 0 Å². The van der Waals surface area contributed by atoms with E-state index in [1.165, 1.54) is 64.4 Å². The molecule has 325 valence electrons. The molecule has 3 aromatic heterocycles. The molecule has 6 aromatic carbocycles. The quantitative estimate of drug-likeness (QED) is 0.107. The zero-order valence-electron chi connectivity index (χ0n) is 38.6. The Kier molecular flexibility index (Phi) is 14.0. The topological polar surface area (TPSA) is 54.5 Å². The average molecular weight is 1050 g/mol. The molecule has 0 saturated heterocycles. The molecule has 9 aromatic rings. The monoisotopic (exact) mass is 1050 g/mol. The van der Waals surface area contributed by atoms with Gasteiger partial charge in [0.1, 0.15) is 0 Å². The van der Waals surface area contributed by atoms with Crippen LogP contribution in [0.2, 0.25) is 19.6 Å². The third kappa shape index (κ3) is 9.63. The van der Waals surface area contributed by atoms with Crippen molar-refractivity contribution in [2.75, 3.05) is 0 Å². The van der Waals surface area contributed by atoms with Crippen molar-refractivity contribution in [3.8, 4) is 45.5 Å². The minimum absolute atomic E-state index is 0. The normalized spacial score (nSPS) is 11.6. The Hall–Kier alpha value is -5.48. The maximum absolute atomic E-state index is 8.89. The molecule has 0 aliphatic heterocycles. The van der Waals surface area contributed by atoms with Gasteiger partial charge < -0.3 is 9.55 Å². The first kappa shape index (κ1) is 46.5. The van der Waals surface area contributed by atoms with Gasteiger partial charge in [0.25, 0.3) is 0 Å². The zero-order valence-corrected chi connectivity index (χ0v) is 42.8. The number of nitrogens with zero attached hydrogens (tertiary/aromatic N) is 4. The molecule has 0 fully saturated rings. The molecule has 0 bridgehead atoms. The number of imidazole rings is 1. The van der Waals surface area contributed by atoms with Crippen molar-refractivity contribution in [2.45, 2.75) is 86.4 Å². The fourth-order valence-corrected chi connectivity index (χ4v) is 11.2. The van der Waals surface area contributed by atoms with Crippen LogP contribution >= 0.6 is 11.3 Å². The molecule has 0 saturated carbocycles. The Balaban J connectivity index is 0.000000227. The van der Waals surface area contributed by atoms with Crippen LogP contribution in [0.1, 0.15) is 81.2 Å². The van der Waals surface area contributed by atoms with Crippen molar-refractivity contribution in [3.05, 3.63) is 167 Å². The van der Waals surface area contributed by atoms with Gasteiger partial charge in [0, 0.05) is 42.8 Å². The van der Waals surface area contributed by atoms with E-state index in [9.17, 15) is 0 Å². The number of rotatable bonds is 9. The summed E-state index contributed by atoms with van der Waals surface area (Å²) >= 11 is 1.83. The average Bonchev–Trinajstić information content (AvgIpc) is 3.83. The molecule has 64 heavy (non-hydrogen) atoms. The first-order chi connectivity index (χ1) is 30.2. The van der Waals surface area contributed by atoms with Crippen LogP contribution in [-0.2, 0) is 26.5 Å². The largest absolute Gasteiger partial charge is 0.333 e. The molecule has 0 aliphatic rings. The van der Waals surface area contributed by atoms with Gasteiger partial charge in [-0.15, -0.1) is 53.6 Å². The van der Waals surface area contributed by atoms with Crippen molar-refractivity contribution in [2.24, 2.45) is 5.92 Å². The molecule has 0 amide bonds. The van der Waals surface area contributed by atoms with Crippen molar-refractivity contribution < 1.29 is 20.1 Å². The number of pyridine rings is 1. The van der Waals surface area contributed by atoms with Crippen LogP contribution in [0.25, 0.3) is 70.7 Å². The van der Waals surface area contributed by atoms with Crippen molar-refractivity contribution in [1.29, 1.82) is 5.26 Å². The first-order valence-corrected chi connectivity index (χ1v) is 26.5. The van der Waals surface area contributed by atoms with E-state index < -0.39 is 8.07 Å². The summed E-state index contributed by atoms with van der Waals surface area (Å²) in [6, 6.07) is 51.9. The van der Waals surface area contributed by atoms with E-state index in [2.05, 4.69) is 205 Å².